The molecule has 86 valence electrons. The van der Waals surface area contributed by atoms with Crippen LogP contribution in [-0.4, -0.2) is 41.9 Å². The highest BCUT2D eigenvalue weighted by atomic mass is 16.6. The minimum absolute atomic E-state index is 0.259. The molecule has 0 aliphatic carbocycles. The number of aliphatic hydroxyl groups excluding tert-OH is 1. The van der Waals surface area contributed by atoms with Crippen molar-refractivity contribution in [2.45, 2.75) is 25.9 Å². The first kappa shape index (κ1) is 12.0. The Morgan fingerprint density at radius 1 is 1.67 bits per heavy atom. The first-order valence-electron chi connectivity index (χ1n) is 5.35. The standard InChI is InChI=1S/C11H19NO3/c1-3-8-15-11(14)12-6-4-10(5-7-12)9(2)13/h3,9-10,13H,1,4-8H2,2H3. The predicted molar refractivity (Wildman–Crippen MR) is 57.5 cm³/mol. The molecule has 1 N–H and O–H groups in total. The zero-order chi connectivity index (χ0) is 11.3. The van der Waals surface area contributed by atoms with Gasteiger partial charge in [-0.2, -0.15) is 0 Å². The molecule has 0 saturated carbocycles. The van der Waals surface area contributed by atoms with Gasteiger partial charge in [-0.3, -0.25) is 0 Å². The molecule has 0 aromatic carbocycles. The molecule has 0 bridgehead atoms. The molecule has 1 aliphatic heterocycles. The minimum atomic E-state index is -0.281. The summed E-state index contributed by atoms with van der Waals surface area (Å²) in [6, 6.07) is 0. The minimum Gasteiger partial charge on any atom is -0.445 e. The maximum absolute atomic E-state index is 11.4. The fourth-order valence-electron chi connectivity index (χ4n) is 1.79. The summed E-state index contributed by atoms with van der Waals surface area (Å²) in [7, 11) is 0. The number of carbonyl (C=O) groups is 1. The number of hydrogen-bond acceptors (Lipinski definition) is 3. The summed E-state index contributed by atoms with van der Waals surface area (Å²) < 4.78 is 4.93. The number of nitrogens with zero attached hydrogens (tertiary/aromatic N) is 1. The maximum Gasteiger partial charge on any atom is 0.410 e. The third-order valence-corrected chi connectivity index (χ3v) is 2.80. The van der Waals surface area contributed by atoms with Crippen LogP contribution in [0.4, 0.5) is 4.79 Å². The third kappa shape index (κ3) is 3.55. The van der Waals surface area contributed by atoms with Gasteiger partial charge in [0.2, 0.25) is 0 Å². The van der Waals surface area contributed by atoms with Crippen molar-refractivity contribution in [2.75, 3.05) is 19.7 Å². The summed E-state index contributed by atoms with van der Waals surface area (Å²) >= 11 is 0. The highest BCUT2D eigenvalue weighted by Crippen LogP contribution is 2.20. The number of ether oxygens (including phenoxy) is 1. The van der Waals surface area contributed by atoms with E-state index in [0.717, 1.165) is 12.8 Å². The lowest BCUT2D eigenvalue weighted by Crippen LogP contribution is -2.41. The van der Waals surface area contributed by atoms with Gasteiger partial charge >= 0.3 is 6.09 Å². The van der Waals surface area contributed by atoms with Gasteiger partial charge in [-0.25, -0.2) is 4.79 Å². The number of likely N-dealkylation sites (tertiary alicyclic amines) is 1. The molecule has 1 fully saturated rings. The van der Waals surface area contributed by atoms with Crippen LogP contribution in [-0.2, 0) is 4.74 Å². The Morgan fingerprint density at radius 3 is 2.73 bits per heavy atom. The Bertz CT molecular complexity index is 220. The average molecular weight is 213 g/mol. The Morgan fingerprint density at radius 2 is 2.27 bits per heavy atom. The molecule has 1 saturated heterocycles. The van der Waals surface area contributed by atoms with Crippen LogP contribution in [0.2, 0.25) is 0 Å². The summed E-state index contributed by atoms with van der Waals surface area (Å²) in [4.78, 5) is 13.1. The van der Waals surface area contributed by atoms with Crippen molar-refractivity contribution in [1.29, 1.82) is 0 Å². The van der Waals surface area contributed by atoms with Gasteiger partial charge < -0.3 is 14.7 Å². The maximum atomic E-state index is 11.4. The summed E-state index contributed by atoms with van der Waals surface area (Å²) in [5, 5.41) is 9.40. The SMILES string of the molecule is C=CCOC(=O)N1CCC(C(C)O)CC1. The van der Waals surface area contributed by atoms with Crippen LogP contribution in [0.5, 0.6) is 0 Å². The second-order valence-electron chi connectivity index (χ2n) is 3.93. The van der Waals surface area contributed by atoms with Crippen LogP contribution < -0.4 is 0 Å². The number of rotatable bonds is 3. The molecule has 15 heavy (non-hydrogen) atoms. The fraction of sp³-hybridized carbons (Fsp3) is 0.727. The van der Waals surface area contributed by atoms with Crippen molar-refractivity contribution in [1.82, 2.24) is 4.90 Å². The second kappa shape index (κ2) is 5.75. The molecule has 1 heterocycles. The molecule has 1 rings (SSSR count). The van der Waals surface area contributed by atoms with Crippen LogP contribution in [0, 0.1) is 5.92 Å². The van der Waals surface area contributed by atoms with E-state index in [-0.39, 0.29) is 18.8 Å². The Kier molecular flexibility index (Phi) is 4.62. The van der Waals surface area contributed by atoms with Crippen LogP contribution in [0.3, 0.4) is 0 Å². The van der Waals surface area contributed by atoms with Crippen molar-refractivity contribution in [3.63, 3.8) is 0 Å². The second-order valence-corrected chi connectivity index (χ2v) is 3.93. The monoisotopic (exact) mass is 213 g/mol. The van der Waals surface area contributed by atoms with E-state index in [2.05, 4.69) is 6.58 Å². The Labute approximate surface area is 90.5 Å². The van der Waals surface area contributed by atoms with Gasteiger partial charge in [0.15, 0.2) is 0 Å². The van der Waals surface area contributed by atoms with Crippen molar-refractivity contribution in [2.24, 2.45) is 5.92 Å². The van der Waals surface area contributed by atoms with Crippen molar-refractivity contribution < 1.29 is 14.6 Å². The highest BCUT2D eigenvalue weighted by Gasteiger charge is 2.25. The lowest BCUT2D eigenvalue weighted by Gasteiger charge is -2.32. The zero-order valence-electron chi connectivity index (χ0n) is 9.19. The molecule has 1 atom stereocenters. The largest absolute Gasteiger partial charge is 0.445 e. The van der Waals surface area contributed by atoms with Gasteiger partial charge in [-0.15, -0.1) is 0 Å². The van der Waals surface area contributed by atoms with Crippen LogP contribution in [0.15, 0.2) is 12.7 Å². The quantitative estimate of drug-likeness (QED) is 0.721. The molecule has 4 heteroatoms. The first-order chi connectivity index (χ1) is 7.15. The topological polar surface area (TPSA) is 49.8 Å². The number of aliphatic hydroxyl groups is 1. The van der Waals surface area contributed by atoms with Gasteiger partial charge in [0.05, 0.1) is 6.10 Å². The third-order valence-electron chi connectivity index (χ3n) is 2.80. The van der Waals surface area contributed by atoms with E-state index < -0.39 is 0 Å². The predicted octanol–water partition coefficient (Wildman–Crippen LogP) is 1.40. The molecular weight excluding hydrogens is 194 g/mol. The van der Waals surface area contributed by atoms with Gasteiger partial charge in [0.25, 0.3) is 0 Å². The van der Waals surface area contributed by atoms with Crippen LogP contribution >= 0.6 is 0 Å². The van der Waals surface area contributed by atoms with E-state index in [9.17, 15) is 9.90 Å². The van der Waals surface area contributed by atoms with Crippen molar-refractivity contribution >= 4 is 6.09 Å². The highest BCUT2D eigenvalue weighted by molar-refractivity contribution is 5.67. The lowest BCUT2D eigenvalue weighted by molar-refractivity contribution is 0.0589. The summed E-state index contributed by atoms with van der Waals surface area (Å²) in [6.07, 6.45) is 2.69. The summed E-state index contributed by atoms with van der Waals surface area (Å²) in [5.41, 5.74) is 0. The van der Waals surface area contributed by atoms with Gasteiger partial charge in [0.1, 0.15) is 6.61 Å². The molecule has 1 aliphatic rings. The number of carbonyl (C=O) groups excluding carboxylic acids is 1. The zero-order valence-corrected chi connectivity index (χ0v) is 9.19. The van der Waals surface area contributed by atoms with Crippen molar-refractivity contribution in [3.05, 3.63) is 12.7 Å². The van der Waals surface area contributed by atoms with Gasteiger partial charge in [-0.1, -0.05) is 12.7 Å². The summed E-state index contributed by atoms with van der Waals surface area (Å²) in [6.45, 7) is 6.89. The van der Waals surface area contributed by atoms with E-state index in [0.29, 0.717) is 19.0 Å². The number of hydrogen-bond donors (Lipinski definition) is 1. The molecule has 1 unspecified atom stereocenters. The summed E-state index contributed by atoms with van der Waals surface area (Å²) in [5.74, 6) is 0.313. The Hall–Kier alpha value is -1.03. The normalized spacial score (nSPS) is 19.7. The molecule has 0 aromatic rings. The fourth-order valence-corrected chi connectivity index (χ4v) is 1.79. The molecule has 0 radical (unpaired) electrons. The van der Waals surface area contributed by atoms with Gasteiger partial charge in [0, 0.05) is 13.1 Å². The van der Waals surface area contributed by atoms with E-state index in [1.807, 2.05) is 0 Å². The van der Waals surface area contributed by atoms with E-state index in [1.54, 1.807) is 17.9 Å². The molecule has 0 spiro atoms. The van der Waals surface area contributed by atoms with E-state index in [1.165, 1.54) is 0 Å². The molecule has 4 nitrogen and oxygen atoms in total. The molecule has 0 aromatic heterocycles. The average Bonchev–Trinajstić information content (AvgIpc) is 2.26. The van der Waals surface area contributed by atoms with Gasteiger partial charge in [-0.05, 0) is 25.7 Å². The number of amides is 1. The van der Waals surface area contributed by atoms with E-state index in [4.69, 9.17) is 4.74 Å². The van der Waals surface area contributed by atoms with Crippen LogP contribution in [0.1, 0.15) is 19.8 Å². The Balaban J connectivity index is 2.30. The van der Waals surface area contributed by atoms with E-state index >= 15 is 0 Å². The molecular formula is C11H19NO3. The first-order valence-corrected chi connectivity index (χ1v) is 5.35. The lowest BCUT2D eigenvalue weighted by atomic mass is 9.92. The number of piperidine rings is 1. The smallest absolute Gasteiger partial charge is 0.410 e. The van der Waals surface area contributed by atoms with Crippen molar-refractivity contribution in [3.8, 4) is 0 Å². The molecule has 1 amide bonds. The van der Waals surface area contributed by atoms with Crippen LogP contribution in [0.25, 0.3) is 0 Å².